The SMILES string of the molecule is C=CCC(C)(O)c1ccc2c(c1)Cc1ccccc1-2. The molecule has 0 heterocycles. The third-order valence-electron chi connectivity index (χ3n) is 3.96. The van der Waals surface area contributed by atoms with Crippen LogP contribution in [0.4, 0.5) is 0 Å². The second-order valence-corrected chi connectivity index (χ2v) is 5.47. The van der Waals surface area contributed by atoms with E-state index in [0.29, 0.717) is 6.42 Å². The summed E-state index contributed by atoms with van der Waals surface area (Å²) in [6, 6.07) is 14.8. The average molecular weight is 250 g/mol. The molecular weight excluding hydrogens is 232 g/mol. The van der Waals surface area contributed by atoms with E-state index in [1.165, 1.54) is 22.3 Å². The Morgan fingerprint density at radius 3 is 2.68 bits per heavy atom. The van der Waals surface area contributed by atoms with Crippen LogP contribution in [0.3, 0.4) is 0 Å². The minimum atomic E-state index is -0.828. The zero-order valence-corrected chi connectivity index (χ0v) is 11.2. The molecule has 0 saturated heterocycles. The summed E-state index contributed by atoms with van der Waals surface area (Å²) < 4.78 is 0. The third kappa shape index (κ3) is 2.00. The fraction of sp³-hybridized carbons (Fsp3) is 0.222. The van der Waals surface area contributed by atoms with E-state index in [0.717, 1.165) is 12.0 Å². The summed E-state index contributed by atoms with van der Waals surface area (Å²) in [7, 11) is 0. The topological polar surface area (TPSA) is 20.2 Å². The van der Waals surface area contributed by atoms with E-state index >= 15 is 0 Å². The maximum absolute atomic E-state index is 10.5. The Balaban J connectivity index is 2.04. The van der Waals surface area contributed by atoms with Crippen LogP contribution in [-0.4, -0.2) is 5.11 Å². The predicted octanol–water partition coefficient (Wildman–Crippen LogP) is 4.04. The van der Waals surface area contributed by atoms with Crippen LogP contribution in [0.2, 0.25) is 0 Å². The van der Waals surface area contributed by atoms with Crippen molar-refractivity contribution in [1.29, 1.82) is 0 Å². The lowest BCUT2D eigenvalue weighted by Gasteiger charge is -2.23. The van der Waals surface area contributed by atoms with Crippen LogP contribution >= 0.6 is 0 Å². The molecule has 0 aliphatic heterocycles. The Hall–Kier alpha value is -1.86. The highest BCUT2D eigenvalue weighted by Crippen LogP contribution is 2.38. The summed E-state index contributed by atoms with van der Waals surface area (Å²) in [5.41, 5.74) is 5.45. The van der Waals surface area contributed by atoms with Crippen molar-refractivity contribution >= 4 is 0 Å². The summed E-state index contributed by atoms with van der Waals surface area (Å²) in [4.78, 5) is 0. The maximum Gasteiger partial charge on any atom is 0.0902 e. The van der Waals surface area contributed by atoms with Crippen LogP contribution < -0.4 is 0 Å². The van der Waals surface area contributed by atoms with E-state index in [1.807, 2.05) is 13.0 Å². The van der Waals surface area contributed by atoms with Gasteiger partial charge in [-0.3, -0.25) is 0 Å². The Morgan fingerprint density at radius 1 is 1.16 bits per heavy atom. The molecule has 0 amide bonds. The first-order valence-electron chi connectivity index (χ1n) is 6.67. The van der Waals surface area contributed by atoms with E-state index in [4.69, 9.17) is 0 Å². The lowest BCUT2D eigenvalue weighted by Crippen LogP contribution is -2.20. The highest BCUT2D eigenvalue weighted by atomic mass is 16.3. The highest BCUT2D eigenvalue weighted by Gasteiger charge is 2.24. The summed E-state index contributed by atoms with van der Waals surface area (Å²) in [6.45, 7) is 5.56. The van der Waals surface area contributed by atoms with Crippen LogP contribution in [0.5, 0.6) is 0 Å². The molecule has 1 nitrogen and oxygen atoms in total. The van der Waals surface area contributed by atoms with E-state index < -0.39 is 5.60 Å². The Kier molecular flexibility index (Phi) is 2.79. The van der Waals surface area contributed by atoms with E-state index in [1.54, 1.807) is 6.08 Å². The van der Waals surface area contributed by atoms with Crippen molar-refractivity contribution in [2.75, 3.05) is 0 Å². The molecule has 0 aromatic heterocycles. The van der Waals surface area contributed by atoms with Crippen molar-refractivity contribution in [1.82, 2.24) is 0 Å². The van der Waals surface area contributed by atoms with Gasteiger partial charge in [0.1, 0.15) is 0 Å². The van der Waals surface area contributed by atoms with Gasteiger partial charge in [-0.15, -0.1) is 6.58 Å². The molecule has 2 aromatic rings. The number of aliphatic hydroxyl groups is 1. The molecule has 0 spiro atoms. The highest BCUT2D eigenvalue weighted by molar-refractivity contribution is 5.77. The number of hydrogen-bond acceptors (Lipinski definition) is 1. The number of benzene rings is 2. The summed E-state index contributed by atoms with van der Waals surface area (Å²) in [6.07, 6.45) is 3.30. The number of hydrogen-bond donors (Lipinski definition) is 1. The quantitative estimate of drug-likeness (QED) is 0.695. The monoisotopic (exact) mass is 250 g/mol. The second kappa shape index (κ2) is 4.36. The van der Waals surface area contributed by atoms with Gasteiger partial charge in [0, 0.05) is 0 Å². The van der Waals surface area contributed by atoms with Crippen molar-refractivity contribution in [2.45, 2.75) is 25.4 Å². The van der Waals surface area contributed by atoms with Crippen molar-refractivity contribution < 1.29 is 5.11 Å². The molecule has 1 heteroatoms. The van der Waals surface area contributed by atoms with Gasteiger partial charge < -0.3 is 5.11 Å². The van der Waals surface area contributed by atoms with Gasteiger partial charge in [-0.05, 0) is 47.6 Å². The first kappa shape index (κ1) is 12.2. The van der Waals surface area contributed by atoms with Gasteiger partial charge in [-0.2, -0.15) is 0 Å². The van der Waals surface area contributed by atoms with Crippen LogP contribution in [0.15, 0.2) is 55.1 Å². The lowest BCUT2D eigenvalue weighted by molar-refractivity contribution is 0.0606. The molecular formula is C18H18O. The average Bonchev–Trinajstić information content (AvgIpc) is 2.76. The van der Waals surface area contributed by atoms with Crippen LogP contribution in [0.1, 0.15) is 30.0 Å². The van der Waals surface area contributed by atoms with Crippen molar-refractivity contribution in [3.63, 3.8) is 0 Å². The van der Waals surface area contributed by atoms with E-state index in [9.17, 15) is 5.11 Å². The largest absolute Gasteiger partial charge is 0.385 e. The molecule has 2 aromatic carbocycles. The summed E-state index contributed by atoms with van der Waals surface area (Å²) in [5, 5.41) is 10.5. The van der Waals surface area contributed by atoms with Gasteiger partial charge in [-0.1, -0.05) is 48.5 Å². The van der Waals surface area contributed by atoms with E-state index in [-0.39, 0.29) is 0 Å². The fourth-order valence-corrected chi connectivity index (χ4v) is 2.88. The maximum atomic E-state index is 10.5. The van der Waals surface area contributed by atoms with E-state index in [2.05, 4.69) is 43.0 Å². The molecule has 1 aliphatic rings. The normalized spacial score (nSPS) is 15.5. The zero-order valence-electron chi connectivity index (χ0n) is 11.2. The van der Waals surface area contributed by atoms with Gasteiger partial charge in [0.2, 0.25) is 0 Å². The summed E-state index contributed by atoms with van der Waals surface area (Å²) >= 11 is 0. The van der Waals surface area contributed by atoms with Gasteiger partial charge in [-0.25, -0.2) is 0 Å². The molecule has 0 saturated carbocycles. The molecule has 96 valence electrons. The predicted molar refractivity (Wildman–Crippen MR) is 79.1 cm³/mol. The fourth-order valence-electron chi connectivity index (χ4n) is 2.88. The minimum absolute atomic E-state index is 0.568. The van der Waals surface area contributed by atoms with Gasteiger partial charge in [0.25, 0.3) is 0 Å². The van der Waals surface area contributed by atoms with Crippen molar-refractivity contribution in [3.05, 3.63) is 71.8 Å². The molecule has 1 atom stereocenters. The van der Waals surface area contributed by atoms with Crippen molar-refractivity contribution in [3.8, 4) is 11.1 Å². The van der Waals surface area contributed by atoms with Gasteiger partial charge in [0.05, 0.1) is 5.60 Å². The van der Waals surface area contributed by atoms with Crippen LogP contribution in [-0.2, 0) is 12.0 Å². The zero-order chi connectivity index (χ0) is 13.5. The lowest BCUT2D eigenvalue weighted by atomic mass is 9.90. The molecule has 1 N–H and O–H groups in total. The van der Waals surface area contributed by atoms with Crippen LogP contribution in [0.25, 0.3) is 11.1 Å². The first-order valence-corrected chi connectivity index (χ1v) is 6.67. The Bertz CT molecular complexity index is 638. The molecule has 3 rings (SSSR count). The van der Waals surface area contributed by atoms with Crippen LogP contribution in [0, 0.1) is 0 Å². The van der Waals surface area contributed by atoms with Gasteiger partial charge in [0.15, 0.2) is 0 Å². The van der Waals surface area contributed by atoms with Gasteiger partial charge >= 0.3 is 0 Å². The molecule has 19 heavy (non-hydrogen) atoms. The summed E-state index contributed by atoms with van der Waals surface area (Å²) in [5.74, 6) is 0. The molecule has 0 bridgehead atoms. The minimum Gasteiger partial charge on any atom is -0.385 e. The Labute approximate surface area is 114 Å². The molecule has 1 aliphatic carbocycles. The first-order chi connectivity index (χ1) is 9.12. The third-order valence-corrected chi connectivity index (χ3v) is 3.96. The smallest absolute Gasteiger partial charge is 0.0902 e. The standard InChI is InChI=1S/C18H18O/c1-3-10-18(2,19)15-8-9-17-14(12-15)11-13-6-4-5-7-16(13)17/h3-9,12,19H,1,10-11H2,2H3. The molecule has 0 radical (unpaired) electrons. The molecule has 1 unspecified atom stereocenters. The number of rotatable bonds is 3. The number of fused-ring (bicyclic) bond motifs is 3. The van der Waals surface area contributed by atoms with Crippen molar-refractivity contribution in [2.24, 2.45) is 0 Å². The Morgan fingerprint density at radius 2 is 1.89 bits per heavy atom. The molecule has 0 fully saturated rings. The second-order valence-electron chi connectivity index (χ2n) is 5.47.